The number of nitrogens with one attached hydrogen (secondary N) is 5. The molecule has 16 rings (SSSR count). The van der Waals surface area contributed by atoms with Crippen molar-refractivity contribution in [1.29, 1.82) is 0 Å². The maximum Gasteiger partial charge on any atom is 0.453 e. The number of aliphatic hydroxyl groups is 1. The van der Waals surface area contributed by atoms with E-state index in [-0.39, 0.29) is 125 Å². The molecule has 149 heavy (non-hydrogen) atoms. The Bertz CT molecular complexity index is 5800. The number of aliphatic hydroxyl groups excluding tert-OH is 1. The third kappa shape index (κ3) is 39.9. The summed E-state index contributed by atoms with van der Waals surface area (Å²) in [6.07, 6.45) is -1.89. The van der Waals surface area contributed by atoms with Gasteiger partial charge in [-0.05, 0) is 236 Å². The van der Waals surface area contributed by atoms with Crippen molar-refractivity contribution in [2.45, 2.75) is 236 Å². The van der Waals surface area contributed by atoms with Crippen molar-refractivity contribution in [2.75, 3.05) is 50.5 Å². The number of amides is 5. The Kier molecular flexibility index (Phi) is 49.5. The molecule has 12 N–H and O–H groups in total. The van der Waals surface area contributed by atoms with Gasteiger partial charge in [0.25, 0.3) is 11.6 Å². The number of likely N-dealkylation sites (tertiary alicyclic amines) is 3. The zero-order valence-electron chi connectivity index (χ0n) is 84.9. The summed E-state index contributed by atoms with van der Waals surface area (Å²) in [7, 11) is 1.00. The van der Waals surface area contributed by atoms with Crippen LogP contribution in [0.5, 0.6) is 11.5 Å². The lowest BCUT2D eigenvalue weighted by Crippen LogP contribution is -2.52. The predicted octanol–water partition coefficient (Wildman–Crippen LogP) is 21.3. The molecular weight excluding hydrogens is 2020 g/mol. The molecule has 5 amide bonds. The molecule has 806 valence electrons. The quantitative estimate of drug-likeness (QED) is 0.0175. The minimum Gasteiger partial charge on any atom is -0.508 e. The van der Waals surface area contributed by atoms with E-state index in [0.29, 0.717) is 53.5 Å². The minimum absolute atomic E-state index is 0.0429. The summed E-state index contributed by atoms with van der Waals surface area (Å²) in [5.41, 5.74) is 18.1. The third-order valence-electron chi connectivity index (χ3n) is 23.3. The Morgan fingerprint density at radius 1 is 0.423 bits per heavy atom. The van der Waals surface area contributed by atoms with Crippen LogP contribution in [0.1, 0.15) is 223 Å². The number of aromatic nitrogens is 8. The van der Waals surface area contributed by atoms with E-state index in [1.165, 1.54) is 35.7 Å². The normalized spacial score (nSPS) is 19.0. The number of aldehydes is 1. The van der Waals surface area contributed by atoms with Crippen LogP contribution in [0, 0.1) is 0 Å². The first kappa shape index (κ1) is 121. The second-order valence-electron chi connectivity index (χ2n) is 37.6. The number of carbonyl (C=O) groups is 6. The second-order valence-corrected chi connectivity index (χ2v) is 39.2. The van der Waals surface area contributed by atoms with Crippen LogP contribution in [0.15, 0.2) is 249 Å². The molecule has 0 bridgehead atoms. The van der Waals surface area contributed by atoms with E-state index in [2.05, 4.69) is 94.0 Å². The summed E-state index contributed by atoms with van der Waals surface area (Å²) in [4.78, 5) is 78.8. The number of piperidine rings is 5. The number of halogens is 10. The number of hydrogen-bond acceptors (Lipinski definition) is 25. The van der Waals surface area contributed by atoms with Crippen LogP contribution < -0.4 is 38.1 Å². The number of alkyl halides is 10. The molecular formula is C107H134Cl4F6N18O14. The van der Waals surface area contributed by atoms with Gasteiger partial charge in [-0.3, -0.25) is 19.5 Å². The van der Waals surface area contributed by atoms with Gasteiger partial charge in [0.15, 0.2) is 6.29 Å². The van der Waals surface area contributed by atoms with E-state index >= 15 is 0 Å². The number of nitrogens with zero attached hydrogens (tertiary/aromatic N) is 11. The van der Waals surface area contributed by atoms with Gasteiger partial charge in [0.1, 0.15) is 41.5 Å². The smallest absolute Gasteiger partial charge is 0.453 e. The summed E-state index contributed by atoms with van der Waals surface area (Å²) < 4.78 is 106. The number of nitrogens with two attached hydrogens (primary N) is 2. The van der Waals surface area contributed by atoms with Gasteiger partial charge < -0.3 is 77.1 Å². The van der Waals surface area contributed by atoms with Crippen LogP contribution in [0.2, 0.25) is 0 Å². The molecule has 11 aromatic rings. The van der Waals surface area contributed by atoms with Gasteiger partial charge >= 0.3 is 42.8 Å². The monoisotopic (exact) mass is 2150 g/mol. The highest BCUT2D eigenvalue weighted by Gasteiger charge is 2.44. The lowest BCUT2D eigenvalue weighted by molar-refractivity contribution is -0.147. The number of phenols is 2. The van der Waals surface area contributed by atoms with Gasteiger partial charge in [0.05, 0.1) is 63.9 Å². The first-order chi connectivity index (χ1) is 71.1. The van der Waals surface area contributed by atoms with Gasteiger partial charge in [-0.1, -0.05) is 212 Å². The van der Waals surface area contributed by atoms with Crippen molar-refractivity contribution in [3.8, 4) is 22.9 Å². The van der Waals surface area contributed by atoms with Crippen LogP contribution in [0.3, 0.4) is 0 Å². The Labute approximate surface area is 884 Å². The molecule has 42 heteroatoms. The van der Waals surface area contributed by atoms with E-state index < -0.39 is 53.0 Å². The summed E-state index contributed by atoms with van der Waals surface area (Å²) in [6.45, 7) is 21.1. The van der Waals surface area contributed by atoms with Crippen LogP contribution in [-0.4, -0.2) is 205 Å². The highest BCUT2D eigenvalue weighted by atomic mass is 35.5. The number of aromatic hydroxyl groups is 2. The first-order valence-corrected chi connectivity index (χ1v) is 50.7. The van der Waals surface area contributed by atoms with E-state index in [4.69, 9.17) is 86.7 Å². The van der Waals surface area contributed by atoms with Crippen molar-refractivity contribution in [3.05, 3.63) is 310 Å². The fourth-order valence-corrected chi connectivity index (χ4v) is 16.9. The van der Waals surface area contributed by atoms with E-state index in [9.17, 15) is 65.3 Å². The van der Waals surface area contributed by atoms with Crippen LogP contribution in [0.25, 0.3) is 11.4 Å². The molecule has 0 spiro atoms. The SMILES string of the molecule is CC(C)(C)OC(=O)N1CCCC(N)C1c1ccccc1.CC(C)(C)OC(=O)N1CCCC(NC(=O)OCc2ccccc2)C1c1ccccc1.CC(C)(C)OC(=O)N1CCCC(NCc2cc(-n3nnnc3C(F)(F)F)ccc2O)C1c1ccccc1.CO.ClCCl.ClCCl.NC1CCCNC1c1ccccc1.O=C(NC1CCCNC1c1ccccc1)OCc1ccccc1.O=Cc1cc(-n2nnnc2C(F)(F)F)ccc1O. The molecule has 5 saturated heterocycles. The maximum absolute atomic E-state index is 13.3. The topological polar surface area (TPSA) is 418 Å². The maximum atomic E-state index is 13.3. The number of hydrogen-bond donors (Lipinski definition) is 10. The highest BCUT2D eigenvalue weighted by Crippen LogP contribution is 2.39. The predicted molar refractivity (Wildman–Crippen MR) is 559 cm³/mol. The number of benzene rings is 9. The van der Waals surface area contributed by atoms with Gasteiger partial charge in [0, 0.05) is 63.0 Å². The van der Waals surface area contributed by atoms with Crippen molar-refractivity contribution in [1.82, 2.24) is 81.7 Å². The zero-order valence-corrected chi connectivity index (χ0v) is 87.9. The molecule has 10 unspecified atom stereocenters. The van der Waals surface area contributed by atoms with Crippen molar-refractivity contribution < 1.29 is 94.1 Å². The molecule has 5 aliphatic rings. The van der Waals surface area contributed by atoms with Gasteiger partial charge in [0.2, 0.25) is 0 Å². The standard InChI is InChI=1S/C25H29F3N6O3.C24H30N2O4.C19H22N2O2.C16H24N2O2.C11H16N2.C9H5F3N4O2.2CH2Cl2.CH4O/c1-24(2,3)37-23(36)33-13-7-10-19(21(33)16-8-5-4-6-9-16)29-15-17-14-18(11-12-20(17)35)34-22(25(26,27)28)30-31-32-34;1-24(2,3)30-23(28)26-16-10-15-20(21(26)19-13-8-5-9-14-19)25-22(27)29-17-18-11-6-4-7-12-18;22-19(23-14-15-8-3-1-4-9-15)21-17-12-7-13-20-18(17)16-10-5-2-6-11-16;1-16(2,3)20-15(19)18-11-7-10-13(17)14(18)12-8-5-4-6-9-12;12-10-7-4-8-13-11(10)9-5-2-1-3-6-9;10-9(11,12)8-13-14-15-16(8)6-1-2-7(18)5(3-6)4-17;2*2-1-3;1-2/h4-6,8-9,11-12,14,19,21,29,35H,7,10,13,15H2,1-3H3;4-9,11-14,20-21H,10,15-17H2,1-3H3,(H,25,27);1-6,8-11,17-18,20H,7,12-14H2,(H,21,22);4-6,8-9,13-14H,7,10-11,17H2,1-3H3;1-3,5-6,10-11,13H,4,7-8,12H2;1-4,18H;2*1H2;2H,1H3. The average molecular weight is 2150 g/mol. The molecule has 0 saturated carbocycles. The van der Waals surface area contributed by atoms with Crippen molar-refractivity contribution >= 4 is 83.2 Å². The third-order valence-corrected chi connectivity index (χ3v) is 23.3. The minimum atomic E-state index is -4.74. The second kappa shape index (κ2) is 60.8. The fourth-order valence-electron chi connectivity index (χ4n) is 16.9. The number of ether oxygens (including phenoxy) is 5. The van der Waals surface area contributed by atoms with Crippen LogP contribution in [-0.2, 0) is 55.8 Å². The number of carbonyl (C=O) groups excluding carboxylic acids is 6. The Morgan fingerprint density at radius 2 is 0.752 bits per heavy atom. The molecule has 9 aromatic carbocycles. The Balaban J connectivity index is 0.000000220. The summed E-state index contributed by atoms with van der Waals surface area (Å²) in [6, 6.07) is 76.1. The number of rotatable bonds is 17. The first-order valence-electron chi connectivity index (χ1n) is 48.5. The van der Waals surface area contributed by atoms with E-state index in [0.717, 1.165) is 124 Å². The molecule has 32 nitrogen and oxygen atoms in total. The number of alkyl carbamates (subject to hydrolysis) is 2. The molecule has 2 aromatic heterocycles. The summed E-state index contributed by atoms with van der Waals surface area (Å²) in [5.74, 6) is -3.00. The largest absolute Gasteiger partial charge is 0.508 e. The van der Waals surface area contributed by atoms with E-state index in [1.807, 2.05) is 238 Å². The molecule has 5 aliphatic heterocycles. The highest BCUT2D eigenvalue weighted by molar-refractivity contribution is 6.41. The van der Waals surface area contributed by atoms with Crippen molar-refractivity contribution in [2.24, 2.45) is 11.5 Å². The van der Waals surface area contributed by atoms with Gasteiger partial charge in [-0.2, -0.15) is 35.7 Å². The van der Waals surface area contributed by atoms with Crippen molar-refractivity contribution in [3.63, 3.8) is 0 Å². The lowest BCUT2D eigenvalue weighted by atomic mass is 9.90. The summed E-state index contributed by atoms with van der Waals surface area (Å²) >= 11 is 19.1. The van der Waals surface area contributed by atoms with Crippen LogP contribution >= 0.6 is 46.4 Å². The fraction of sp³-hybridized carbons (Fsp3) is 0.421. The van der Waals surface area contributed by atoms with Crippen LogP contribution in [0.4, 0.5) is 50.3 Å². The summed E-state index contributed by atoms with van der Waals surface area (Å²) in [5, 5.41) is 62.1. The molecule has 0 radical (unpaired) electrons. The molecule has 7 heterocycles. The van der Waals surface area contributed by atoms with Gasteiger partial charge in [-0.15, -0.1) is 56.6 Å². The molecule has 0 aliphatic carbocycles. The lowest BCUT2D eigenvalue weighted by Gasteiger charge is -2.42. The molecule has 10 atom stereocenters. The molecule has 5 fully saturated rings. The number of tetrazole rings is 2. The van der Waals surface area contributed by atoms with Gasteiger partial charge in [-0.25, -0.2) is 24.0 Å². The zero-order chi connectivity index (χ0) is 109. The Hall–Kier alpha value is -12.8. The van der Waals surface area contributed by atoms with E-state index in [1.54, 1.807) is 14.7 Å². The Morgan fingerprint density at radius 3 is 1.15 bits per heavy atom. The average Bonchev–Trinajstić information content (AvgIpc) is 1.73. The number of phenolic OH excluding ortho intramolecular Hbond substituents is 2.